The van der Waals surface area contributed by atoms with Crippen LogP contribution in [0.1, 0.15) is 37.4 Å². The summed E-state index contributed by atoms with van der Waals surface area (Å²) in [5.74, 6) is -0.708. The molecule has 0 saturated heterocycles. The fourth-order valence-corrected chi connectivity index (χ4v) is 3.65. The number of benzene rings is 2. The molecule has 0 aliphatic carbocycles. The van der Waals surface area contributed by atoms with Gasteiger partial charge in [-0.3, -0.25) is 14.4 Å². The van der Waals surface area contributed by atoms with Crippen LogP contribution in [0.15, 0.2) is 41.2 Å². The summed E-state index contributed by atoms with van der Waals surface area (Å²) in [5, 5.41) is 3.16. The zero-order chi connectivity index (χ0) is 24.7. The van der Waals surface area contributed by atoms with E-state index in [-0.39, 0.29) is 18.4 Å². The monoisotopic (exact) mass is 485 g/mol. The van der Waals surface area contributed by atoms with Crippen molar-refractivity contribution in [3.8, 4) is 5.75 Å². The highest BCUT2D eigenvalue weighted by Gasteiger charge is 2.15. The van der Waals surface area contributed by atoms with Crippen LogP contribution in [0.2, 0.25) is 5.02 Å². The van der Waals surface area contributed by atoms with Gasteiger partial charge in [0.05, 0.1) is 30.3 Å². The minimum atomic E-state index is -0.594. The molecule has 0 fully saturated rings. The van der Waals surface area contributed by atoms with Crippen molar-refractivity contribution in [3.05, 3.63) is 63.0 Å². The lowest BCUT2D eigenvalue weighted by molar-refractivity contribution is -0.147. The number of ether oxygens (including phenoxy) is 2. The molecule has 0 radical (unpaired) electrons. The van der Waals surface area contributed by atoms with Gasteiger partial charge in [0.1, 0.15) is 11.4 Å². The lowest BCUT2D eigenvalue weighted by Gasteiger charge is -2.13. The first kappa shape index (κ1) is 25.2. The van der Waals surface area contributed by atoms with E-state index in [1.807, 2.05) is 24.3 Å². The van der Waals surface area contributed by atoms with Gasteiger partial charge in [0.2, 0.25) is 0 Å². The predicted octanol–water partition coefficient (Wildman–Crippen LogP) is 4.28. The maximum Gasteiger partial charge on any atom is 0.306 e. The van der Waals surface area contributed by atoms with E-state index in [4.69, 9.17) is 21.1 Å². The molecule has 2 aromatic carbocycles. The molecule has 0 spiro atoms. The highest BCUT2D eigenvalue weighted by atomic mass is 35.5. The molecule has 1 N–H and O–H groups in total. The normalized spacial score (nSPS) is 10.8. The molecule has 0 aliphatic rings. The predicted molar refractivity (Wildman–Crippen MR) is 132 cm³/mol. The van der Waals surface area contributed by atoms with Crippen molar-refractivity contribution in [2.75, 3.05) is 19.0 Å². The fourth-order valence-electron chi connectivity index (χ4n) is 3.50. The van der Waals surface area contributed by atoms with Crippen molar-refractivity contribution >= 4 is 40.2 Å². The number of amides is 1. The number of carbonyl (C=O) groups excluding carboxylic acids is 2. The molecule has 34 heavy (non-hydrogen) atoms. The highest BCUT2D eigenvalue weighted by Crippen LogP contribution is 2.30. The first-order valence-electron chi connectivity index (χ1n) is 11.1. The standard InChI is InChI=1S/C25H28ClN3O5/c1-4-5-12-29-21-9-7-6-8-18(21)27-19(25(29)32)10-11-24(31)34-15-23(30)28-20-13-16(2)17(26)14-22(20)33-3/h6-9,13-14H,4-5,10-12,15H2,1-3H3,(H,28,30). The van der Waals surface area contributed by atoms with Crippen molar-refractivity contribution in [1.29, 1.82) is 0 Å². The molecule has 3 aromatic rings. The van der Waals surface area contributed by atoms with Crippen LogP contribution >= 0.6 is 11.6 Å². The zero-order valence-electron chi connectivity index (χ0n) is 19.5. The summed E-state index contributed by atoms with van der Waals surface area (Å²) < 4.78 is 12.0. The van der Waals surface area contributed by atoms with Crippen LogP contribution in [-0.4, -0.2) is 35.1 Å². The first-order valence-corrected chi connectivity index (χ1v) is 11.5. The number of nitrogens with one attached hydrogen (secondary N) is 1. The zero-order valence-corrected chi connectivity index (χ0v) is 20.3. The third kappa shape index (κ3) is 6.14. The molecular weight excluding hydrogens is 458 g/mol. The molecule has 180 valence electrons. The van der Waals surface area contributed by atoms with Crippen LogP contribution in [0.5, 0.6) is 5.75 Å². The van der Waals surface area contributed by atoms with Crippen LogP contribution in [0.4, 0.5) is 5.69 Å². The topological polar surface area (TPSA) is 99.5 Å². The molecule has 0 unspecified atom stereocenters. The number of aromatic nitrogens is 2. The van der Waals surface area contributed by atoms with E-state index in [9.17, 15) is 14.4 Å². The Balaban J connectivity index is 1.61. The van der Waals surface area contributed by atoms with Gasteiger partial charge in [-0.1, -0.05) is 37.1 Å². The van der Waals surface area contributed by atoms with E-state index in [0.717, 1.165) is 23.9 Å². The average molecular weight is 486 g/mol. The van der Waals surface area contributed by atoms with E-state index >= 15 is 0 Å². The molecule has 1 aromatic heterocycles. The summed E-state index contributed by atoms with van der Waals surface area (Å²) in [6, 6.07) is 10.7. The van der Waals surface area contributed by atoms with Crippen molar-refractivity contribution < 1.29 is 19.1 Å². The number of hydrogen-bond donors (Lipinski definition) is 1. The van der Waals surface area contributed by atoms with Crippen LogP contribution in [-0.2, 0) is 27.3 Å². The summed E-state index contributed by atoms with van der Waals surface area (Å²) in [7, 11) is 1.47. The average Bonchev–Trinajstić information content (AvgIpc) is 2.83. The second-order valence-electron chi connectivity index (χ2n) is 7.87. The van der Waals surface area contributed by atoms with Crippen LogP contribution in [0.3, 0.4) is 0 Å². The number of hydrogen-bond acceptors (Lipinski definition) is 6. The number of para-hydroxylation sites is 2. The Morgan fingerprint density at radius 2 is 1.97 bits per heavy atom. The van der Waals surface area contributed by atoms with Crippen molar-refractivity contribution in [2.24, 2.45) is 0 Å². The van der Waals surface area contributed by atoms with Gasteiger partial charge in [-0.05, 0) is 37.1 Å². The molecule has 0 saturated carbocycles. The largest absolute Gasteiger partial charge is 0.495 e. The molecule has 1 heterocycles. The molecular formula is C25H28ClN3O5. The van der Waals surface area contributed by atoms with Crippen LogP contribution in [0.25, 0.3) is 11.0 Å². The molecule has 3 rings (SSSR count). The number of unbranched alkanes of at least 4 members (excludes halogenated alkanes) is 1. The second kappa shape index (κ2) is 11.7. The lowest BCUT2D eigenvalue weighted by atomic mass is 10.2. The van der Waals surface area contributed by atoms with Gasteiger partial charge in [-0.25, -0.2) is 4.98 Å². The number of rotatable bonds is 10. The maximum atomic E-state index is 12.9. The molecule has 8 nitrogen and oxygen atoms in total. The number of aryl methyl sites for hydroxylation is 3. The van der Waals surface area contributed by atoms with Gasteiger partial charge >= 0.3 is 5.97 Å². The molecule has 0 atom stereocenters. The Morgan fingerprint density at radius 1 is 1.21 bits per heavy atom. The molecule has 0 bridgehead atoms. The number of methoxy groups -OCH3 is 1. The van der Waals surface area contributed by atoms with Crippen molar-refractivity contribution in [3.63, 3.8) is 0 Å². The van der Waals surface area contributed by atoms with E-state index in [2.05, 4.69) is 17.2 Å². The summed E-state index contributed by atoms with van der Waals surface area (Å²) in [5.41, 5.74) is 2.77. The van der Waals surface area contributed by atoms with Gasteiger partial charge in [0.25, 0.3) is 11.5 Å². The quantitative estimate of drug-likeness (QED) is 0.430. The smallest absolute Gasteiger partial charge is 0.306 e. The first-order chi connectivity index (χ1) is 16.3. The third-order valence-electron chi connectivity index (χ3n) is 5.34. The number of anilines is 1. The number of halogens is 1. The fraction of sp³-hybridized carbons (Fsp3) is 0.360. The lowest BCUT2D eigenvalue weighted by Crippen LogP contribution is -2.27. The Morgan fingerprint density at radius 3 is 2.71 bits per heavy atom. The molecule has 1 amide bonds. The minimum Gasteiger partial charge on any atom is -0.495 e. The van der Waals surface area contributed by atoms with E-state index in [1.54, 1.807) is 23.6 Å². The Kier molecular flexibility index (Phi) is 8.65. The summed E-state index contributed by atoms with van der Waals surface area (Å²) in [6.45, 7) is 3.99. The summed E-state index contributed by atoms with van der Waals surface area (Å²) >= 11 is 6.08. The number of carbonyl (C=O) groups is 2. The van der Waals surface area contributed by atoms with Crippen molar-refractivity contribution in [2.45, 2.75) is 46.1 Å². The van der Waals surface area contributed by atoms with Gasteiger partial charge in [-0.15, -0.1) is 0 Å². The van der Waals surface area contributed by atoms with Crippen LogP contribution in [0, 0.1) is 6.92 Å². The molecule has 9 heteroatoms. The minimum absolute atomic E-state index is 0.0645. The number of esters is 1. The second-order valence-corrected chi connectivity index (χ2v) is 8.28. The van der Waals surface area contributed by atoms with Crippen LogP contribution < -0.4 is 15.6 Å². The van der Waals surface area contributed by atoms with Gasteiger partial charge in [0, 0.05) is 24.1 Å². The SMILES string of the molecule is CCCCn1c(=O)c(CCC(=O)OCC(=O)Nc2cc(C)c(Cl)cc2OC)nc2ccccc21. The Bertz CT molecular complexity index is 1260. The highest BCUT2D eigenvalue weighted by molar-refractivity contribution is 6.31. The van der Waals surface area contributed by atoms with Gasteiger partial charge in [-0.2, -0.15) is 0 Å². The number of fused-ring (bicyclic) bond motifs is 1. The van der Waals surface area contributed by atoms with Gasteiger partial charge < -0.3 is 19.4 Å². The molecule has 0 aliphatic heterocycles. The third-order valence-corrected chi connectivity index (χ3v) is 5.75. The van der Waals surface area contributed by atoms with E-state index in [0.29, 0.717) is 34.2 Å². The van der Waals surface area contributed by atoms with Gasteiger partial charge in [0.15, 0.2) is 6.61 Å². The van der Waals surface area contributed by atoms with Crippen molar-refractivity contribution in [1.82, 2.24) is 9.55 Å². The van der Waals surface area contributed by atoms with E-state index < -0.39 is 18.5 Å². The Labute approximate surface area is 202 Å². The summed E-state index contributed by atoms with van der Waals surface area (Å²) in [6.07, 6.45) is 1.88. The van der Waals surface area contributed by atoms with E-state index in [1.165, 1.54) is 7.11 Å². The Hall–Kier alpha value is -3.39. The maximum absolute atomic E-state index is 12.9. The number of nitrogens with zero attached hydrogens (tertiary/aromatic N) is 2. The summed E-state index contributed by atoms with van der Waals surface area (Å²) in [4.78, 5) is 41.9.